The number of methoxy groups -OCH3 is 1. The van der Waals surface area contributed by atoms with Crippen LogP contribution in [-0.4, -0.2) is 33.2 Å². The van der Waals surface area contributed by atoms with Crippen molar-refractivity contribution in [2.24, 2.45) is 7.05 Å². The summed E-state index contributed by atoms with van der Waals surface area (Å²) in [5.41, 5.74) is 0.792. The maximum absolute atomic E-state index is 5.08. The minimum absolute atomic E-state index is 0.386. The van der Waals surface area contributed by atoms with Gasteiger partial charge in [0.1, 0.15) is 18.1 Å². The molecule has 0 unspecified atom stereocenters. The first-order valence-electron chi connectivity index (χ1n) is 5.83. The maximum atomic E-state index is 5.08. The van der Waals surface area contributed by atoms with Gasteiger partial charge in [-0.15, -0.1) is 0 Å². The quantitative estimate of drug-likeness (QED) is 0.866. The zero-order valence-corrected chi connectivity index (χ0v) is 10.8. The van der Waals surface area contributed by atoms with E-state index in [1.54, 1.807) is 13.3 Å². The van der Waals surface area contributed by atoms with Crippen molar-refractivity contribution in [3.63, 3.8) is 0 Å². The van der Waals surface area contributed by atoms with Gasteiger partial charge >= 0.3 is 0 Å². The fraction of sp³-hybridized carbons (Fsp3) is 0.417. The molecule has 0 spiro atoms. The number of hydrogen-bond acceptors (Lipinski definition) is 5. The van der Waals surface area contributed by atoms with E-state index < -0.39 is 0 Å². The van der Waals surface area contributed by atoms with Crippen molar-refractivity contribution in [1.82, 2.24) is 19.5 Å². The van der Waals surface area contributed by atoms with Gasteiger partial charge in [0, 0.05) is 39.2 Å². The Morgan fingerprint density at radius 3 is 2.83 bits per heavy atom. The van der Waals surface area contributed by atoms with Crippen molar-refractivity contribution in [2.45, 2.75) is 13.5 Å². The Hall–Kier alpha value is -1.95. The Kier molecular flexibility index (Phi) is 3.88. The standard InChI is InChI=1S/C12H17N5O/c1-4-13-10-7-9(12-14-5-6-17(12)2)15-11(16-10)8-18-3/h5-7H,4,8H2,1-3H3,(H,13,15,16). The summed E-state index contributed by atoms with van der Waals surface area (Å²) in [4.78, 5) is 13.1. The Morgan fingerprint density at radius 2 is 2.22 bits per heavy atom. The number of aryl methyl sites for hydroxylation is 1. The lowest BCUT2D eigenvalue weighted by atomic mass is 10.3. The van der Waals surface area contributed by atoms with Crippen LogP contribution in [0, 0.1) is 0 Å². The predicted molar refractivity (Wildman–Crippen MR) is 69.1 cm³/mol. The summed E-state index contributed by atoms with van der Waals surface area (Å²) < 4.78 is 7.01. The third-order valence-electron chi connectivity index (χ3n) is 2.45. The number of nitrogens with one attached hydrogen (secondary N) is 1. The summed E-state index contributed by atoms with van der Waals surface area (Å²) in [6, 6.07) is 1.89. The fourth-order valence-electron chi connectivity index (χ4n) is 1.69. The van der Waals surface area contributed by atoms with E-state index in [1.165, 1.54) is 0 Å². The average molecular weight is 247 g/mol. The third-order valence-corrected chi connectivity index (χ3v) is 2.45. The molecule has 0 fully saturated rings. The number of aromatic nitrogens is 4. The van der Waals surface area contributed by atoms with Gasteiger partial charge in [-0.25, -0.2) is 15.0 Å². The highest BCUT2D eigenvalue weighted by atomic mass is 16.5. The summed E-state index contributed by atoms with van der Waals surface area (Å²) in [5.74, 6) is 2.25. The molecule has 1 N–H and O–H groups in total. The molecule has 96 valence electrons. The number of imidazole rings is 1. The van der Waals surface area contributed by atoms with Crippen LogP contribution >= 0.6 is 0 Å². The van der Waals surface area contributed by atoms with Gasteiger partial charge in [-0.1, -0.05) is 0 Å². The van der Waals surface area contributed by atoms with Gasteiger partial charge in [-0.05, 0) is 6.92 Å². The molecule has 2 aromatic rings. The molecule has 2 rings (SSSR count). The van der Waals surface area contributed by atoms with Crippen LogP contribution in [0.4, 0.5) is 5.82 Å². The Morgan fingerprint density at radius 1 is 1.39 bits per heavy atom. The molecule has 0 amide bonds. The molecule has 0 radical (unpaired) electrons. The first kappa shape index (κ1) is 12.5. The smallest absolute Gasteiger partial charge is 0.158 e. The van der Waals surface area contributed by atoms with Gasteiger partial charge in [-0.3, -0.25) is 0 Å². The molecule has 0 aliphatic rings. The van der Waals surface area contributed by atoms with E-state index in [1.807, 2.05) is 30.8 Å². The van der Waals surface area contributed by atoms with Crippen LogP contribution in [0.15, 0.2) is 18.5 Å². The van der Waals surface area contributed by atoms with E-state index in [0.717, 1.165) is 23.9 Å². The monoisotopic (exact) mass is 247 g/mol. The lowest BCUT2D eigenvalue weighted by Gasteiger charge is -2.08. The molecule has 6 nitrogen and oxygen atoms in total. The molecule has 0 bridgehead atoms. The molecule has 0 saturated heterocycles. The summed E-state index contributed by atoms with van der Waals surface area (Å²) in [6.45, 7) is 3.22. The van der Waals surface area contributed by atoms with E-state index in [2.05, 4.69) is 20.3 Å². The van der Waals surface area contributed by atoms with Crippen molar-refractivity contribution in [2.75, 3.05) is 19.0 Å². The molecule has 0 aliphatic heterocycles. The SMILES string of the molecule is CCNc1cc(-c2nccn2C)nc(COC)n1. The van der Waals surface area contributed by atoms with Crippen LogP contribution in [0.25, 0.3) is 11.5 Å². The van der Waals surface area contributed by atoms with E-state index >= 15 is 0 Å². The van der Waals surface area contributed by atoms with Crippen LogP contribution in [-0.2, 0) is 18.4 Å². The number of hydrogen-bond donors (Lipinski definition) is 1. The Bertz CT molecular complexity index is 499. The van der Waals surface area contributed by atoms with Crippen LogP contribution < -0.4 is 5.32 Å². The minimum atomic E-state index is 0.386. The van der Waals surface area contributed by atoms with E-state index in [-0.39, 0.29) is 0 Å². The highest BCUT2D eigenvalue weighted by Crippen LogP contribution is 2.17. The average Bonchev–Trinajstić information content (AvgIpc) is 2.76. The van der Waals surface area contributed by atoms with E-state index in [4.69, 9.17) is 4.74 Å². The van der Waals surface area contributed by atoms with Crippen molar-refractivity contribution in [1.29, 1.82) is 0 Å². The van der Waals surface area contributed by atoms with Crippen LogP contribution in [0.5, 0.6) is 0 Å². The number of rotatable bonds is 5. The number of nitrogens with zero attached hydrogens (tertiary/aromatic N) is 4. The molecular weight excluding hydrogens is 230 g/mol. The maximum Gasteiger partial charge on any atom is 0.158 e. The number of anilines is 1. The third kappa shape index (κ3) is 2.65. The summed E-state index contributed by atoms with van der Waals surface area (Å²) >= 11 is 0. The Balaban J connectivity index is 2.42. The first-order valence-corrected chi connectivity index (χ1v) is 5.83. The molecule has 0 aliphatic carbocycles. The normalized spacial score (nSPS) is 10.6. The molecule has 2 aromatic heterocycles. The van der Waals surface area contributed by atoms with Gasteiger partial charge in [0.05, 0.1) is 0 Å². The summed E-state index contributed by atoms with van der Waals surface area (Å²) in [6.07, 6.45) is 3.64. The molecular formula is C12H17N5O. The van der Waals surface area contributed by atoms with Gasteiger partial charge in [-0.2, -0.15) is 0 Å². The first-order chi connectivity index (χ1) is 8.74. The summed E-state index contributed by atoms with van der Waals surface area (Å²) in [7, 11) is 3.57. The highest BCUT2D eigenvalue weighted by Gasteiger charge is 2.09. The van der Waals surface area contributed by atoms with E-state index in [9.17, 15) is 0 Å². The lowest BCUT2D eigenvalue weighted by molar-refractivity contribution is 0.178. The Labute approximate surface area is 106 Å². The zero-order valence-electron chi connectivity index (χ0n) is 10.8. The van der Waals surface area contributed by atoms with Gasteiger partial charge in [0.15, 0.2) is 11.6 Å². The van der Waals surface area contributed by atoms with Crippen molar-refractivity contribution in [3.05, 3.63) is 24.3 Å². The largest absolute Gasteiger partial charge is 0.377 e. The van der Waals surface area contributed by atoms with Crippen LogP contribution in [0.2, 0.25) is 0 Å². The van der Waals surface area contributed by atoms with Crippen LogP contribution in [0.3, 0.4) is 0 Å². The van der Waals surface area contributed by atoms with Crippen molar-refractivity contribution >= 4 is 5.82 Å². The van der Waals surface area contributed by atoms with Gasteiger partial charge in [0.25, 0.3) is 0 Å². The van der Waals surface area contributed by atoms with Gasteiger partial charge < -0.3 is 14.6 Å². The second-order valence-electron chi connectivity index (χ2n) is 3.88. The lowest BCUT2D eigenvalue weighted by Crippen LogP contribution is -2.06. The predicted octanol–water partition coefficient (Wildman–Crippen LogP) is 1.46. The van der Waals surface area contributed by atoms with Crippen molar-refractivity contribution in [3.8, 4) is 11.5 Å². The highest BCUT2D eigenvalue weighted by molar-refractivity contribution is 5.55. The molecule has 0 saturated carbocycles. The molecule has 0 atom stereocenters. The minimum Gasteiger partial charge on any atom is -0.377 e. The molecule has 0 aromatic carbocycles. The fourth-order valence-corrected chi connectivity index (χ4v) is 1.69. The van der Waals surface area contributed by atoms with Crippen molar-refractivity contribution < 1.29 is 4.74 Å². The van der Waals surface area contributed by atoms with Crippen LogP contribution in [0.1, 0.15) is 12.7 Å². The topological polar surface area (TPSA) is 64.9 Å². The molecule has 6 heteroatoms. The van der Waals surface area contributed by atoms with Gasteiger partial charge in [0.2, 0.25) is 0 Å². The molecule has 18 heavy (non-hydrogen) atoms. The second-order valence-corrected chi connectivity index (χ2v) is 3.88. The van der Waals surface area contributed by atoms with E-state index in [0.29, 0.717) is 12.4 Å². The number of ether oxygens (including phenoxy) is 1. The summed E-state index contributed by atoms with van der Waals surface area (Å²) in [5, 5.41) is 3.18. The zero-order chi connectivity index (χ0) is 13.0. The molecule has 2 heterocycles. The second kappa shape index (κ2) is 5.59.